The summed E-state index contributed by atoms with van der Waals surface area (Å²) in [5, 5.41) is 27.8. The molecule has 4 atom stereocenters. The maximum atomic E-state index is 14.4. The van der Waals surface area contributed by atoms with Gasteiger partial charge in [0.2, 0.25) is 11.8 Å². The van der Waals surface area contributed by atoms with Gasteiger partial charge >= 0.3 is 0 Å². The van der Waals surface area contributed by atoms with Gasteiger partial charge in [0.25, 0.3) is 11.8 Å². The summed E-state index contributed by atoms with van der Waals surface area (Å²) < 4.78 is 23.3. The fourth-order valence-electron chi connectivity index (χ4n) is 9.43. The Morgan fingerprint density at radius 3 is 2.32 bits per heavy atom. The molecule has 73 heavy (non-hydrogen) atoms. The number of hydrogen-bond donors (Lipinski definition) is 3. The highest BCUT2D eigenvalue weighted by Gasteiger charge is 2.48. The van der Waals surface area contributed by atoms with Gasteiger partial charge in [-0.2, -0.15) is 0 Å². The van der Waals surface area contributed by atoms with E-state index in [1.54, 1.807) is 58.8 Å². The molecule has 382 valence electrons. The summed E-state index contributed by atoms with van der Waals surface area (Å²) in [6.45, 7) is 11.3. The van der Waals surface area contributed by atoms with E-state index in [2.05, 4.69) is 34.5 Å². The molecule has 4 heterocycles. The molecule has 0 saturated carbocycles. The van der Waals surface area contributed by atoms with Crippen molar-refractivity contribution in [2.75, 3.05) is 46.6 Å². The van der Waals surface area contributed by atoms with Crippen LogP contribution in [0.25, 0.3) is 21.6 Å². The van der Waals surface area contributed by atoms with Crippen LogP contribution in [0.3, 0.4) is 0 Å². The minimum absolute atomic E-state index is 0.0155. The predicted octanol–water partition coefficient (Wildman–Crippen LogP) is 9.04. The first-order valence-electron chi connectivity index (χ1n) is 24.9. The van der Waals surface area contributed by atoms with Crippen LogP contribution >= 0.6 is 11.3 Å². The Bertz CT molecular complexity index is 2900. The molecule has 6 aromatic rings. The van der Waals surface area contributed by atoms with Crippen molar-refractivity contribution in [3.05, 3.63) is 148 Å². The quantitative estimate of drug-likeness (QED) is 0.0435. The van der Waals surface area contributed by atoms with Crippen molar-refractivity contribution in [1.82, 2.24) is 25.3 Å². The van der Waals surface area contributed by atoms with Crippen molar-refractivity contribution in [3.63, 3.8) is 0 Å². The normalized spacial score (nSPS) is 18.3. The molecule has 0 spiro atoms. The summed E-state index contributed by atoms with van der Waals surface area (Å²) in [7, 11) is 1.76. The number of nitrogens with one attached hydrogen (secondary N) is 1. The van der Waals surface area contributed by atoms with Gasteiger partial charge in [-0.3, -0.25) is 14.4 Å². The first-order valence-corrected chi connectivity index (χ1v) is 25.7. The van der Waals surface area contributed by atoms with E-state index in [-0.39, 0.29) is 61.4 Å². The lowest BCUT2D eigenvalue weighted by atomic mass is 9.88. The average Bonchev–Trinajstić information content (AvgIpc) is 4.20. The number of carbonyl (C=O) groups is 3. The Kier molecular flexibility index (Phi) is 16.9. The van der Waals surface area contributed by atoms with Gasteiger partial charge in [0, 0.05) is 39.1 Å². The van der Waals surface area contributed by atoms with Crippen LogP contribution in [0.2, 0.25) is 0 Å². The second kappa shape index (κ2) is 23.6. The molecule has 16 heteroatoms. The van der Waals surface area contributed by atoms with E-state index >= 15 is 0 Å². The van der Waals surface area contributed by atoms with Crippen LogP contribution in [-0.2, 0) is 24.7 Å². The molecule has 0 radical (unpaired) electrons. The molecule has 1 saturated heterocycles. The molecule has 2 aliphatic heterocycles. The summed E-state index contributed by atoms with van der Waals surface area (Å²) in [6, 6.07) is 34.2. The van der Waals surface area contributed by atoms with Crippen molar-refractivity contribution in [2.24, 2.45) is 10.9 Å². The largest absolute Gasteiger partial charge is 0.508 e. The van der Waals surface area contributed by atoms with Gasteiger partial charge in [-0.05, 0) is 101 Å². The standard InChI is InChI=1S/C57H64N6O9S/c1-7-46(38-12-9-8-10-13-38)52(39-17-23-43(64)24-18-39)40-19-25-45(26-20-40)70-29-27-62(6)50(66)14-11-28-69-30-31-71-49-33-48(72-61-49)51(36(2)3)55(67)63-34-44(65)32-47(63)54-59-56(68)57(5,60-54)42-21-15-41(16-22-42)53-37(4)58-35-73-53/h8-10,12-13,15-26,33,35-36,44,47,51,64-65H,7,11,14,27-32,34H2,1-6H3,(H,59,60,68)/b52-46-/t44-,47-,51-,57-/m1/s1. The first-order chi connectivity index (χ1) is 35.2. The van der Waals surface area contributed by atoms with Crippen molar-refractivity contribution in [3.8, 4) is 27.8 Å². The number of hydrogen-bond acceptors (Lipinski definition) is 13. The maximum absolute atomic E-state index is 14.4. The van der Waals surface area contributed by atoms with E-state index in [0.29, 0.717) is 55.5 Å². The highest BCUT2D eigenvalue weighted by molar-refractivity contribution is 7.13. The molecule has 0 bridgehead atoms. The zero-order valence-corrected chi connectivity index (χ0v) is 43.1. The van der Waals surface area contributed by atoms with Crippen LogP contribution in [0.4, 0.5) is 0 Å². The zero-order chi connectivity index (χ0) is 51.6. The number of phenols is 1. The van der Waals surface area contributed by atoms with Crippen molar-refractivity contribution < 1.29 is 43.3 Å². The first kappa shape index (κ1) is 52.2. The molecule has 0 unspecified atom stereocenters. The molecule has 0 aliphatic carbocycles. The molecule has 3 N–H and O–H groups in total. The Balaban J connectivity index is 0.767. The Labute approximate surface area is 430 Å². The van der Waals surface area contributed by atoms with Gasteiger partial charge in [0.1, 0.15) is 36.5 Å². The summed E-state index contributed by atoms with van der Waals surface area (Å²) >= 11 is 1.56. The molecule has 1 fully saturated rings. The number of likely N-dealkylation sites (tertiary alicyclic amines) is 1. The highest BCUT2D eigenvalue weighted by Crippen LogP contribution is 2.38. The van der Waals surface area contributed by atoms with E-state index in [9.17, 15) is 24.6 Å². The molecule has 2 aromatic heterocycles. The number of aliphatic imine (C=N–C) groups is 1. The number of amides is 3. The number of thiazole rings is 1. The summed E-state index contributed by atoms with van der Waals surface area (Å²) in [5.74, 6) is 0.220. The van der Waals surface area contributed by atoms with Crippen LogP contribution in [-0.4, -0.2) is 112 Å². The fraction of sp³-hybridized carbons (Fsp3) is 0.368. The number of aliphatic hydroxyl groups excluding tert-OH is 1. The number of amidine groups is 1. The number of aliphatic hydroxyl groups is 1. The lowest BCUT2D eigenvalue weighted by Crippen LogP contribution is -2.48. The number of aromatic nitrogens is 2. The Morgan fingerprint density at radius 1 is 0.932 bits per heavy atom. The van der Waals surface area contributed by atoms with E-state index in [1.165, 1.54) is 5.57 Å². The Hall–Kier alpha value is -7.14. The third-order valence-corrected chi connectivity index (χ3v) is 14.4. The summed E-state index contributed by atoms with van der Waals surface area (Å²) in [4.78, 5) is 54.3. The number of benzene rings is 4. The van der Waals surface area contributed by atoms with Crippen LogP contribution in [0, 0.1) is 12.8 Å². The molecule has 2 aliphatic rings. The van der Waals surface area contributed by atoms with E-state index in [0.717, 1.165) is 44.8 Å². The third-order valence-electron chi connectivity index (χ3n) is 13.5. The minimum atomic E-state index is -1.22. The van der Waals surface area contributed by atoms with E-state index in [4.69, 9.17) is 23.7 Å². The van der Waals surface area contributed by atoms with Crippen LogP contribution in [0.1, 0.15) is 93.0 Å². The molecule has 3 amide bonds. The predicted molar refractivity (Wildman–Crippen MR) is 281 cm³/mol. The second-order valence-corrected chi connectivity index (χ2v) is 19.8. The average molecular weight is 1010 g/mol. The van der Waals surface area contributed by atoms with Gasteiger partial charge < -0.3 is 44.1 Å². The molecule has 4 aromatic carbocycles. The van der Waals surface area contributed by atoms with Gasteiger partial charge in [-0.15, -0.1) is 11.3 Å². The number of phenolic OH excluding ortho intramolecular Hbond substituents is 1. The number of aromatic hydroxyl groups is 1. The van der Waals surface area contributed by atoms with Gasteiger partial charge in [0.15, 0.2) is 11.3 Å². The fourth-order valence-corrected chi connectivity index (χ4v) is 10.2. The molecule has 15 nitrogen and oxygen atoms in total. The van der Waals surface area contributed by atoms with E-state index < -0.39 is 23.6 Å². The molecular formula is C57H64N6O9S. The summed E-state index contributed by atoms with van der Waals surface area (Å²) in [5.41, 5.74) is 8.71. The SMILES string of the molecule is CC/C(=C(\c1ccc(O)cc1)c1ccc(OCCN(C)C(=O)CCCOCCOc2cc([C@H](C(=O)N3C[C@H](O)C[C@@H]3C3=N[C@](C)(c4ccc(-c5scnc5C)cc4)C(=O)N3)C(C)C)on2)cc1)c1ccccc1. The lowest BCUT2D eigenvalue weighted by molar-refractivity contribution is -0.134. The monoisotopic (exact) mass is 1010 g/mol. The number of ether oxygens (including phenoxy) is 3. The third kappa shape index (κ3) is 12.2. The number of rotatable bonds is 22. The van der Waals surface area contributed by atoms with Crippen molar-refractivity contribution >= 4 is 46.0 Å². The number of aryl methyl sites for hydroxylation is 1. The van der Waals surface area contributed by atoms with Crippen LogP contribution in [0.15, 0.2) is 124 Å². The van der Waals surface area contributed by atoms with E-state index in [1.807, 2.05) is 99.6 Å². The molecular weight excluding hydrogens is 945 g/mol. The van der Waals surface area contributed by atoms with Crippen molar-refractivity contribution in [1.29, 1.82) is 0 Å². The van der Waals surface area contributed by atoms with Crippen LogP contribution < -0.4 is 14.8 Å². The van der Waals surface area contributed by atoms with Gasteiger partial charge in [0.05, 0.1) is 41.4 Å². The zero-order valence-electron chi connectivity index (χ0n) is 42.2. The number of nitrogens with zero attached hydrogens (tertiary/aromatic N) is 5. The molecule has 8 rings (SSSR count). The Morgan fingerprint density at radius 2 is 1.64 bits per heavy atom. The maximum Gasteiger partial charge on any atom is 0.257 e. The number of likely N-dealkylation sites (N-methyl/N-ethyl adjacent to an activating group) is 1. The second-order valence-electron chi connectivity index (χ2n) is 18.9. The van der Waals surface area contributed by atoms with Gasteiger partial charge in [-0.25, -0.2) is 9.98 Å². The van der Waals surface area contributed by atoms with Crippen LogP contribution in [0.5, 0.6) is 17.4 Å². The smallest absolute Gasteiger partial charge is 0.257 e. The van der Waals surface area contributed by atoms with Gasteiger partial charge in [-0.1, -0.05) is 99.6 Å². The number of carbonyl (C=O) groups excluding carboxylic acids is 3. The highest BCUT2D eigenvalue weighted by atomic mass is 32.1. The topological polar surface area (TPSA) is 189 Å². The summed E-state index contributed by atoms with van der Waals surface area (Å²) in [6.07, 6.45) is 1.07. The number of β-amino-alcohol motifs (C(OH)–C–C–N with tert-alkyl or cyclic N) is 1. The van der Waals surface area contributed by atoms with Crippen molar-refractivity contribution in [2.45, 2.75) is 83.9 Å². The minimum Gasteiger partial charge on any atom is -0.508 e. The number of allylic oxidation sites excluding steroid dienone is 1. The lowest BCUT2D eigenvalue weighted by Gasteiger charge is -2.29.